The third-order valence-corrected chi connectivity index (χ3v) is 1.99. The van der Waals surface area contributed by atoms with Crippen molar-refractivity contribution in [3.63, 3.8) is 0 Å². The van der Waals surface area contributed by atoms with Gasteiger partial charge in [-0.3, -0.25) is 4.79 Å². The number of carbonyl (C=O) groups is 1. The van der Waals surface area contributed by atoms with Crippen molar-refractivity contribution in [3.8, 4) is 6.07 Å². The molecule has 0 bridgehead atoms. The number of rotatable bonds is 1. The van der Waals surface area contributed by atoms with Gasteiger partial charge >= 0.3 is 5.97 Å². The Balaban J connectivity index is 0.000000221. The summed E-state index contributed by atoms with van der Waals surface area (Å²) in [6.45, 7) is 1.60. The Kier molecular flexibility index (Phi) is 4.10. The van der Waals surface area contributed by atoms with Crippen LogP contribution in [0.1, 0.15) is 18.9 Å². The molecular formula is C12H12N2O2. The summed E-state index contributed by atoms with van der Waals surface area (Å²) in [5, 5.41) is 17.4. The zero-order valence-corrected chi connectivity index (χ0v) is 8.90. The monoisotopic (exact) mass is 216 g/mol. The van der Waals surface area contributed by atoms with Gasteiger partial charge in [0.1, 0.15) is 0 Å². The molecule has 0 saturated heterocycles. The van der Waals surface area contributed by atoms with Crippen molar-refractivity contribution < 1.29 is 9.90 Å². The molecule has 2 N–H and O–H groups in total. The van der Waals surface area contributed by atoms with E-state index in [0.29, 0.717) is 5.56 Å². The molecule has 0 saturated carbocycles. The smallest absolute Gasteiger partial charge is 0.303 e. The number of H-pyrrole nitrogens is 1. The van der Waals surface area contributed by atoms with Crippen LogP contribution in [0.15, 0.2) is 30.5 Å². The molecule has 1 aromatic carbocycles. The van der Waals surface area contributed by atoms with Gasteiger partial charge in [-0.1, -0.05) is 13.0 Å². The second kappa shape index (κ2) is 5.56. The highest BCUT2D eigenvalue weighted by Crippen LogP contribution is 2.12. The number of nitriles is 1. The van der Waals surface area contributed by atoms with Gasteiger partial charge in [0.05, 0.1) is 11.6 Å². The SMILES string of the molecule is CCC(=O)O.N#Cc1ccc2cc[nH]c2c1. The fourth-order valence-corrected chi connectivity index (χ4v) is 1.12. The maximum Gasteiger partial charge on any atom is 0.303 e. The van der Waals surface area contributed by atoms with Gasteiger partial charge in [-0.2, -0.15) is 5.26 Å². The van der Waals surface area contributed by atoms with Crippen LogP contribution in [0.4, 0.5) is 0 Å². The maximum atomic E-state index is 9.37. The van der Waals surface area contributed by atoms with Crippen LogP contribution in [0.2, 0.25) is 0 Å². The zero-order chi connectivity index (χ0) is 12.0. The lowest BCUT2D eigenvalue weighted by atomic mass is 10.2. The lowest BCUT2D eigenvalue weighted by Crippen LogP contribution is -1.86. The minimum Gasteiger partial charge on any atom is -0.481 e. The van der Waals surface area contributed by atoms with Crippen molar-refractivity contribution in [3.05, 3.63) is 36.0 Å². The Labute approximate surface area is 93.1 Å². The second-order valence-electron chi connectivity index (χ2n) is 3.14. The Bertz CT molecular complexity index is 523. The molecule has 0 spiro atoms. The highest BCUT2D eigenvalue weighted by molar-refractivity contribution is 5.80. The predicted molar refractivity (Wildman–Crippen MR) is 60.9 cm³/mol. The number of fused-ring (bicyclic) bond motifs is 1. The van der Waals surface area contributed by atoms with Gasteiger partial charge in [-0.15, -0.1) is 0 Å². The summed E-state index contributed by atoms with van der Waals surface area (Å²) in [7, 11) is 0. The van der Waals surface area contributed by atoms with Crippen molar-refractivity contribution >= 4 is 16.9 Å². The van der Waals surface area contributed by atoms with E-state index in [4.69, 9.17) is 10.4 Å². The first-order valence-electron chi connectivity index (χ1n) is 4.86. The molecule has 16 heavy (non-hydrogen) atoms. The molecule has 4 nitrogen and oxygen atoms in total. The predicted octanol–water partition coefficient (Wildman–Crippen LogP) is 2.52. The first-order chi connectivity index (χ1) is 7.67. The van der Waals surface area contributed by atoms with Crippen LogP contribution in [0, 0.1) is 11.3 Å². The third kappa shape index (κ3) is 3.14. The fraction of sp³-hybridized carbons (Fsp3) is 0.167. The average Bonchev–Trinajstić information content (AvgIpc) is 2.76. The van der Waals surface area contributed by atoms with Gasteiger partial charge in [-0.25, -0.2) is 0 Å². The summed E-state index contributed by atoms with van der Waals surface area (Å²) < 4.78 is 0. The number of nitrogens with one attached hydrogen (secondary N) is 1. The van der Waals surface area contributed by atoms with Gasteiger partial charge in [0.15, 0.2) is 0 Å². The quantitative estimate of drug-likeness (QED) is 0.768. The van der Waals surface area contributed by atoms with Gasteiger partial charge in [0.25, 0.3) is 0 Å². The van der Waals surface area contributed by atoms with Crippen molar-refractivity contribution in [1.29, 1.82) is 5.26 Å². The average molecular weight is 216 g/mol. The highest BCUT2D eigenvalue weighted by atomic mass is 16.4. The maximum absolute atomic E-state index is 9.37. The lowest BCUT2D eigenvalue weighted by Gasteiger charge is -1.88. The van der Waals surface area contributed by atoms with Crippen molar-refractivity contribution in [2.75, 3.05) is 0 Å². The van der Waals surface area contributed by atoms with Crippen LogP contribution in [-0.4, -0.2) is 16.1 Å². The van der Waals surface area contributed by atoms with E-state index in [9.17, 15) is 4.79 Å². The van der Waals surface area contributed by atoms with Crippen LogP contribution in [-0.2, 0) is 4.79 Å². The van der Waals surface area contributed by atoms with E-state index in [0.717, 1.165) is 10.9 Å². The molecule has 0 aliphatic carbocycles. The summed E-state index contributed by atoms with van der Waals surface area (Å²) >= 11 is 0. The third-order valence-electron chi connectivity index (χ3n) is 1.99. The highest BCUT2D eigenvalue weighted by Gasteiger charge is 1.94. The molecule has 0 amide bonds. The Morgan fingerprint density at radius 1 is 1.50 bits per heavy atom. The minimum absolute atomic E-state index is 0.222. The summed E-state index contributed by atoms with van der Waals surface area (Å²) in [4.78, 5) is 12.4. The van der Waals surface area contributed by atoms with Crippen molar-refractivity contribution in [1.82, 2.24) is 4.98 Å². The van der Waals surface area contributed by atoms with Crippen molar-refractivity contribution in [2.45, 2.75) is 13.3 Å². The summed E-state index contributed by atoms with van der Waals surface area (Å²) in [6.07, 6.45) is 2.09. The van der Waals surface area contributed by atoms with E-state index in [-0.39, 0.29) is 6.42 Å². The second-order valence-corrected chi connectivity index (χ2v) is 3.14. The molecule has 2 aromatic rings. The first kappa shape index (κ1) is 11.8. The molecule has 0 radical (unpaired) electrons. The minimum atomic E-state index is -0.745. The topological polar surface area (TPSA) is 76.9 Å². The number of hydrogen-bond donors (Lipinski definition) is 2. The van der Waals surface area contributed by atoms with Crippen LogP contribution in [0.5, 0.6) is 0 Å². The molecule has 0 unspecified atom stereocenters. The largest absolute Gasteiger partial charge is 0.481 e. The van der Waals surface area contributed by atoms with E-state index in [2.05, 4.69) is 11.1 Å². The fourth-order valence-electron chi connectivity index (χ4n) is 1.12. The molecule has 4 heteroatoms. The molecule has 1 aromatic heterocycles. The molecule has 0 aliphatic rings. The number of aromatic nitrogens is 1. The molecule has 2 rings (SSSR count). The van der Waals surface area contributed by atoms with E-state index in [1.54, 1.807) is 6.92 Å². The number of benzene rings is 1. The molecular weight excluding hydrogens is 204 g/mol. The van der Waals surface area contributed by atoms with Gasteiger partial charge in [0.2, 0.25) is 0 Å². The van der Waals surface area contributed by atoms with E-state index < -0.39 is 5.97 Å². The molecule has 0 fully saturated rings. The summed E-state index contributed by atoms with van der Waals surface area (Å²) in [5.41, 5.74) is 1.71. The van der Waals surface area contributed by atoms with Gasteiger partial charge in [-0.05, 0) is 23.6 Å². The van der Waals surface area contributed by atoms with E-state index >= 15 is 0 Å². The van der Waals surface area contributed by atoms with Crippen LogP contribution in [0.25, 0.3) is 10.9 Å². The lowest BCUT2D eigenvalue weighted by molar-refractivity contribution is -0.136. The van der Waals surface area contributed by atoms with Gasteiger partial charge < -0.3 is 10.1 Å². The Hall–Kier alpha value is -2.28. The van der Waals surface area contributed by atoms with Gasteiger partial charge in [0, 0.05) is 18.1 Å². The standard InChI is InChI=1S/C9H6N2.C3H6O2/c10-6-7-1-2-8-3-4-11-9(8)5-7;1-2-3(4)5/h1-5,11H;2H2,1H3,(H,4,5). The summed E-state index contributed by atoms with van der Waals surface area (Å²) in [5.74, 6) is -0.745. The number of nitrogens with zero attached hydrogens (tertiary/aromatic N) is 1. The van der Waals surface area contributed by atoms with E-state index in [1.807, 2.05) is 30.5 Å². The number of aliphatic carboxylic acids is 1. The van der Waals surface area contributed by atoms with Crippen LogP contribution in [0.3, 0.4) is 0 Å². The first-order valence-corrected chi connectivity index (χ1v) is 4.86. The molecule has 0 aliphatic heterocycles. The van der Waals surface area contributed by atoms with E-state index in [1.165, 1.54) is 0 Å². The molecule has 0 atom stereocenters. The molecule has 1 heterocycles. The number of aromatic amines is 1. The molecule has 82 valence electrons. The van der Waals surface area contributed by atoms with Crippen LogP contribution >= 0.6 is 0 Å². The Morgan fingerprint density at radius 2 is 2.19 bits per heavy atom. The zero-order valence-electron chi connectivity index (χ0n) is 8.90. The summed E-state index contributed by atoms with van der Waals surface area (Å²) in [6, 6.07) is 9.66. The number of carboxylic acid groups (broad SMARTS) is 1. The van der Waals surface area contributed by atoms with Crippen molar-refractivity contribution in [2.24, 2.45) is 0 Å². The van der Waals surface area contributed by atoms with Crippen LogP contribution < -0.4 is 0 Å². The number of hydrogen-bond acceptors (Lipinski definition) is 2. The Morgan fingerprint density at radius 3 is 2.75 bits per heavy atom. The number of carboxylic acids is 1. The normalized spacial score (nSPS) is 9.00.